The number of pyridine rings is 2. The molecule has 33 heavy (non-hydrogen) atoms. The normalized spacial score (nSPS) is 17.9. The average molecular weight is 483 g/mol. The Labute approximate surface area is 190 Å². The first-order chi connectivity index (χ1) is 15.6. The summed E-state index contributed by atoms with van der Waals surface area (Å²) in [5.74, 6) is 4.17. The highest BCUT2D eigenvalue weighted by Gasteiger charge is 2.58. The van der Waals surface area contributed by atoms with Crippen molar-refractivity contribution in [2.75, 3.05) is 24.7 Å². The van der Waals surface area contributed by atoms with Gasteiger partial charge in [0.15, 0.2) is 0 Å². The van der Waals surface area contributed by atoms with Crippen molar-refractivity contribution < 1.29 is 27.5 Å². The number of anilines is 1. The van der Waals surface area contributed by atoms with Crippen LogP contribution in [0.1, 0.15) is 22.8 Å². The summed E-state index contributed by atoms with van der Waals surface area (Å²) in [7, 11) is 0.939. The number of carbonyl (C=O) groups excluding carboxylic acids is 2. The second-order valence-corrected chi connectivity index (χ2v) is 7.69. The van der Waals surface area contributed by atoms with Crippen LogP contribution >= 0.6 is 11.8 Å². The number of rotatable bonds is 6. The van der Waals surface area contributed by atoms with E-state index in [0.29, 0.717) is 17.7 Å². The van der Waals surface area contributed by atoms with Crippen LogP contribution in [0, 0.1) is 0 Å². The first kappa shape index (κ1) is 24.4. The van der Waals surface area contributed by atoms with E-state index in [2.05, 4.69) is 25.6 Å². The van der Waals surface area contributed by atoms with E-state index < -0.39 is 29.6 Å². The first-order valence-electron chi connectivity index (χ1n) is 9.50. The quantitative estimate of drug-likeness (QED) is 0.280. The third kappa shape index (κ3) is 5.07. The van der Waals surface area contributed by atoms with Crippen molar-refractivity contribution in [2.45, 2.75) is 18.8 Å². The Balaban J connectivity index is 2.13. The number of aromatic nitrogens is 2. The minimum absolute atomic E-state index is 0.0270. The van der Waals surface area contributed by atoms with E-state index in [4.69, 9.17) is 10.6 Å². The molecule has 3 heterocycles. The summed E-state index contributed by atoms with van der Waals surface area (Å²) in [6.45, 7) is 2.09. The van der Waals surface area contributed by atoms with Crippen LogP contribution in [0.3, 0.4) is 0 Å². The molecule has 1 aliphatic rings. The number of nitrogens with zero attached hydrogens (tertiary/aromatic N) is 3. The van der Waals surface area contributed by atoms with Crippen molar-refractivity contribution in [1.82, 2.24) is 20.7 Å². The third-order valence-corrected chi connectivity index (χ3v) is 5.74. The van der Waals surface area contributed by atoms with Gasteiger partial charge in [-0.2, -0.15) is 13.2 Å². The lowest BCUT2D eigenvalue weighted by Crippen LogP contribution is -2.45. The predicted molar refractivity (Wildman–Crippen MR) is 117 cm³/mol. The first-order valence-corrected chi connectivity index (χ1v) is 10.5. The number of hydrogen-bond acceptors (Lipinski definition) is 8. The zero-order valence-corrected chi connectivity index (χ0v) is 18.3. The summed E-state index contributed by atoms with van der Waals surface area (Å²) in [6.07, 6.45) is -0.697. The fraction of sp³-hybridized carbons (Fsp3) is 0.316. The van der Waals surface area contributed by atoms with E-state index >= 15 is 0 Å². The zero-order chi connectivity index (χ0) is 24.2. The van der Waals surface area contributed by atoms with E-state index in [9.17, 15) is 22.8 Å². The highest BCUT2D eigenvalue weighted by Crippen LogP contribution is 2.44. The summed E-state index contributed by atoms with van der Waals surface area (Å²) >= 11 is 0.845. The van der Waals surface area contributed by atoms with Crippen molar-refractivity contribution in [3.05, 3.63) is 41.9 Å². The van der Waals surface area contributed by atoms with Crippen LogP contribution in [-0.2, 0) is 4.74 Å². The van der Waals surface area contributed by atoms with Crippen LogP contribution in [0.2, 0.25) is 0 Å². The monoisotopic (exact) mass is 483 g/mol. The van der Waals surface area contributed by atoms with Crippen LogP contribution in [-0.4, -0.2) is 58.3 Å². The van der Waals surface area contributed by atoms with Gasteiger partial charge in [0.05, 0.1) is 11.3 Å². The fourth-order valence-electron chi connectivity index (χ4n) is 2.94. The molecule has 3 amide bonds. The Morgan fingerprint density at radius 2 is 2.00 bits per heavy atom. The molecule has 1 unspecified atom stereocenters. The maximum atomic E-state index is 13.7. The molecule has 2 aromatic rings. The molecule has 0 bridgehead atoms. The lowest BCUT2D eigenvalue weighted by molar-refractivity contribution is -0.255. The average Bonchev–Trinajstić information content (AvgIpc) is 3.25. The number of alkyl halides is 3. The molecule has 0 saturated carbocycles. The largest absolute Gasteiger partial charge is 0.439 e. The van der Waals surface area contributed by atoms with Crippen molar-refractivity contribution in [2.24, 2.45) is 10.8 Å². The highest BCUT2D eigenvalue weighted by atomic mass is 32.2. The molecule has 0 radical (unpaired) electrons. The molecule has 0 fully saturated rings. The number of halogens is 3. The third-order valence-electron chi connectivity index (χ3n) is 4.62. The molecule has 0 spiro atoms. The zero-order valence-electron chi connectivity index (χ0n) is 17.5. The van der Waals surface area contributed by atoms with Gasteiger partial charge in [-0.1, -0.05) is 0 Å². The summed E-state index contributed by atoms with van der Waals surface area (Å²) in [4.78, 5) is 35.8. The van der Waals surface area contributed by atoms with E-state index in [1.54, 1.807) is 6.92 Å². The van der Waals surface area contributed by atoms with Gasteiger partial charge < -0.3 is 10.1 Å². The number of hydrazine groups is 1. The standard InChI is InChI=1S/C19H20F3N7O3S/c1-3-25-17(31)27-14-5-12(16-28-18(32-2,9-33-16)19(20,21)22)13(8-26-14)10-4-11(7-24-6-10)15(30)29-23/h4-8H,3,9,23H2,1-2H3,(H,29,30)(H2,25,26,27,31). The maximum absolute atomic E-state index is 13.7. The lowest BCUT2D eigenvalue weighted by Gasteiger charge is -2.25. The summed E-state index contributed by atoms with van der Waals surface area (Å²) in [6, 6.07) is 2.32. The summed E-state index contributed by atoms with van der Waals surface area (Å²) in [5, 5.41) is 5.08. The molecule has 3 rings (SSSR count). The Morgan fingerprint density at radius 1 is 1.24 bits per heavy atom. The van der Waals surface area contributed by atoms with Crippen molar-refractivity contribution in [3.63, 3.8) is 0 Å². The number of methoxy groups -OCH3 is 1. The van der Waals surface area contributed by atoms with Crippen LogP contribution in [0.15, 0.2) is 35.7 Å². The predicted octanol–water partition coefficient (Wildman–Crippen LogP) is 2.29. The summed E-state index contributed by atoms with van der Waals surface area (Å²) in [5.41, 5.74) is 0.387. The molecular formula is C19H20F3N7O3S. The van der Waals surface area contributed by atoms with Crippen LogP contribution in [0.4, 0.5) is 23.8 Å². The molecule has 0 aromatic carbocycles. The van der Waals surface area contributed by atoms with E-state index in [-0.39, 0.29) is 22.0 Å². The lowest BCUT2D eigenvalue weighted by atomic mass is 10.0. The number of thioether (sulfide) groups is 1. The number of nitrogens with one attached hydrogen (secondary N) is 3. The van der Waals surface area contributed by atoms with Gasteiger partial charge in [-0.05, 0) is 19.1 Å². The molecular weight excluding hydrogens is 463 g/mol. The fourth-order valence-corrected chi connectivity index (χ4v) is 4.16. The molecule has 1 aliphatic heterocycles. The van der Waals surface area contributed by atoms with Gasteiger partial charge in [0.1, 0.15) is 10.9 Å². The molecule has 2 aromatic heterocycles. The Bertz CT molecular complexity index is 1100. The van der Waals surface area contributed by atoms with Crippen LogP contribution in [0.5, 0.6) is 0 Å². The minimum Gasteiger partial charge on any atom is -0.349 e. The van der Waals surface area contributed by atoms with E-state index in [0.717, 1.165) is 18.9 Å². The van der Waals surface area contributed by atoms with Gasteiger partial charge in [-0.3, -0.25) is 20.5 Å². The number of amides is 3. The maximum Gasteiger partial charge on any atom is 0.439 e. The number of carbonyl (C=O) groups is 2. The Kier molecular flexibility index (Phi) is 7.19. The molecule has 14 heteroatoms. The van der Waals surface area contributed by atoms with Crippen molar-refractivity contribution in [3.8, 4) is 11.1 Å². The molecule has 1 atom stereocenters. The molecule has 0 aliphatic carbocycles. The summed E-state index contributed by atoms with van der Waals surface area (Å²) < 4.78 is 45.7. The van der Waals surface area contributed by atoms with Gasteiger partial charge in [-0.25, -0.2) is 20.6 Å². The van der Waals surface area contributed by atoms with Gasteiger partial charge >= 0.3 is 12.2 Å². The smallest absolute Gasteiger partial charge is 0.349 e. The van der Waals surface area contributed by atoms with Gasteiger partial charge in [0, 0.05) is 48.9 Å². The van der Waals surface area contributed by atoms with Crippen molar-refractivity contribution in [1.29, 1.82) is 0 Å². The topological polar surface area (TPSA) is 144 Å². The molecule has 5 N–H and O–H groups in total. The minimum atomic E-state index is -4.74. The number of nitrogens with two attached hydrogens (primary N) is 1. The number of ether oxygens (including phenoxy) is 1. The molecule has 10 nitrogen and oxygen atoms in total. The Morgan fingerprint density at radius 3 is 2.61 bits per heavy atom. The second kappa shape index (κ2) is 9.72. The number of urea groups is 1. The van der Waals surface area contributed by atoms with Crippen LogP contribution < -0.4 is 21.9 Å². The van der Waals surface area contributed by atoms with E-state index in [1.165, 1.54) is 30.7 Å². The van der Waals surface area contributed by atoms with Gasteiger partial charge in [0.25, 0.3) is 11.6 Å². The molecule has 0 saturated heterocycles. The van der Waals surface area contributed by atoms with Crippen molar-refractivity contribution >= 4 is 34.6 Å². The molecule has 176 valence electrons. The number of hydrogen-bond donors (Lipinski definition) is 4. The Hall–Kier alpha value is -3.23. The second-order valence-electron chi connectivity index (χ2n) is 6.73. The van der Waals surface area contributed by atoms with Gasteiger partial charge in [0.2, 0.25) is 0 Å². The SMILES string of the molecule is CCNC(=O)Nc1cc(C2=NC(OC)(C(F)(F)F)CS2)c(-c2cncc(C(=O)NN)c2)cn1. The highest BCUT2D eigenvalue weighted by molar-refractivity contribution is 8.14. The number of aliphatic imine (C=N–C) groups is 1. The number of nitrogen functional groups attached to an aromatic ring is 1. The van der Waals surface area contributed by atoms with Crippen LogP contribution in [0.25, 0.3) is 11.1 Å². The van der Waals surface area contributed by atoms with E-state index in [1.807, 2.05) is 5.43 Å². The van der Waals surface area contributed by atoms with Gasteiger partial charge in [-0.15, -0.1) is 11.8 Å².